The van der Waals surface area contributed by atoms with Crippen LogP contribution in [0.4, 0.5) is 0 Å². The van der Waals surface area contributed by atoms with E-state index in [0.717, 1.165) is 28.8 Å². The van der Waals surface area contributed by atoms with Crippen molar-refractivity contribution in [3.63, 3.8) is 0 Å². The average molecular weight is 308 g/mol. The Kier molecular flexibility index (Phi) is 4.17. The zero-order valence-corrected chi connectivity index (χ0v) is 13.1. The van der Waals surface area contributed by atoms with Gasteiger partial charge >= 0.3 is 0 Å². The predicted molar refractivity (Wildman–Crippen MR) is 92.8 cm³/mol. The third-order valence-corrected chi connectivity index (χ3v) is 4.21. The van der Waals surface area contributed by atoms with E-state index in [1.165, 1.54) is 0 Å². The summed E-state index contributed by atoms with van der Waals surface area (Å²) >= 11 is 0. The van der Waals surface area contributed by atoms with E-state index in [1.807, 2.05) is 43.3 Å². The predicted octanol–water partition coefficient (Wildman–Crippen LogP) is 2.85. The lowest BCUT2D eigenvalue weighted by Crippen LogP contribution is -2.18. The molecule has 3 rings (SSSR count). The lowest BCUT2D eigenvalue weighted by atomic mass is 10.00. The molecule has 0 aliphatic heterocycles. The summed E-state index contributed by atoms with van der Waals surface area (Å²) in [5.74, 6) is 0.308. The molecule has 0 aliphatic rings. The quantitative estimate of drug-likeness (QED) is 0.693. The maximum atomic E-state index is 12.6. The molecule has 4 nitrogen and oxygen atoms in total. The summed E-state index contributed by atoms with van der Waals surface area (Å²) in [6, 6.07) is 13.0. The van der Waals surface area contributed by atoms with Crippen molar-refractivity contribution in [2.24, 2.45) is 5.73 Å². The molecular formula is C19H20N2O2. The Morgan fingerprint density at radius 2 is 1.96 bits per heavy atom. The Hall–Kier alpha value is -2.59. The summed E-state index contributed by atoms with van der Waals surface area (Å²) in [5.41, 5.74) is 10.0. The number of phenols is 1. The van der Waals surface area contributed by atoms with Gasteiger partial charge in [0.2, 0.25) is 0 Å². The van der Waals surface area contributed by atoms with Crippen LogP contribution < -0.4 is 11.2 Å². The SMILES string of the molecule is CCc1cc(Cc2[nH]c3ccccc3c(=O)c2CN)ccc1O. The summed E-state index contributed by atoms with van der Waals surface area (Å²) in [6.45, 7) is 2.20. The third-order valence-electron chi connectivity index (χ3n) is 4.21. The fourth-order valence-electron chi connectivity index (χ4n) is 2.93. The number of aromatic hydroxyl groups is 1. The van der Waals surface area contributed by atoms with Gasteiger partial charge in [-0.2, -0.15) is 0 Å². The van der Waals surface area contributed by atoms with Crippen LogP contribution in [0.5, 0.6) is 5.75 Å². The van der Waals surface area contributed by atoms with Crippen molar-refractivity contribution < 1.29 is 5.11 Å². The second-order valence-corrected chi connectivity index (χ2v) is 5.65. The largest absolute Gasteiger partial charge is 0.508 e. The summed E-state index contributed by atoms with van der Waals surface area (Å²) in [6.07, 6.45) is 1.34. The molecule has 0 saturated heterocycles. The van der Waals surface area contributed by atoms with Crippen molar-refractivity contribution in [3.8, 4) is 5.75 Å². The van der Waals surface area contributed by atoms with E-state index in [2.05, 4.69) is 4.98 Å². The monoisotopic (exact) mass is 308 g/mol. The lowest BCUT2D eigenvalue weighted by Gasteiger charge is -2.11. The van der Waals surface area contributed by atoms with Gasteiger partial charge in [0.1, 0.15) is 5.75 Å². The maximum absolute atomic E-state index is 12.6. The van der Waals surface area contributed by atoms with Gasteiger partial charge in [0, 0.05) is 35.1 Å². The molecule has 0 spiro atoms. The number of aromatic nitrogens is 1. The number of hydrogen-bond donors (Lipinski definition) is 3. The lowest BCUT2D eigenvalue weighted by molar-refractivity contribution is 0.468. The maximum Gasteiger partial charge on any atom is 0.194 e. The number of benzene rings is 2. The highest BCUT2D eigenvalue weighted by molar-refractivity contribution is 5.79. The topological polar surface area (TPSA) is 79.1 Å². The second-order valence-electron chi connectivity index (χ2n) is 5.65. The fourth-order valence-corrected chi connectivity index (χ4v) is 2.93. The van der Waals surface area contributed by atoms with E-state index in [1.54, 1.807) is 6.07 Å². The average Bonchev–Trinajstić information content (AvgIpc) is 2.57. The third kappa shape index (κ3) is 2.85. The molecule has 1 aromatic heterocycles. The highest BCUT2D eigenvalue weighted by Gasteiger charge is 2.11. The minimum absolute atomic E-state index is 0.00802. The van der Waals surface area contributed by atoms with Crippen LogP contribution >= 0.6 is 0 Å². The molecule has 0 unspecified atom stereocenters. The standard InChI is InChI=1S/C19H20N2O2/c1-2-13-9-12(7-8-18(13)22)10-17-15(11-20)19(23)14-5-3-4-6-16(14)21-17/h3-9,22H,2,10-11,20H2,1H3,(H,21,23). The smallest absolute Gasteiger partial charge is 0.194 e. The van der Waals surface area contributed by atoms with Crippen LogP contribution in [0.3, 0.4) is 0 Å². The number of aromatic amines is 1. The molecule has 0 fully saturated rings. The fraction of sp³-hybridized carbons (Fsp3) is 0.211. The second kappa shape index (κ2) is 6.26. The molecule has 0 aliphatic carbocycles. The van der Waals surface area contributed by atoms with E-state index >= 15 is 0 Å². The molecule has 3 aromatic rings. The molecule has 0 saturated carbocycles. The van der Waals surface area contributed by atoms with Gasteiger partial charge in [0.25, 0.3) is 0 Å². The molecule has 0 atom stereocenters. The van der Waals surface area contributed by atoms with Crippen LogP contribution in [-0.4, -0.2) is 10.1 Å². The van der Waals surface area contributed by atoms with Crippen molar-refractivity contribution in [2.75, 3.05) is 0 Å². The van der Waals surface area contributed by atoms with Gasteiger partial charge in [-0.15, -0.1) is 0 Å². The van der Waals surface area contributed by atoms with E-state index in [4.69, 9.17) is 5.73 Å². The van der Waals surface area contributed by atoms with Crippen LogP contribution in [-0.2, 0) is 19.4 Å². The van der Waals surface area contributed by atoms with Gasteiger partial charge < -0.3 is 15.8 Å². The highest BCUT2D eigenvalue weighted by atomic mass is 16.3. The summed E-state index contributed by atoms with van der Waals surface area (Å²) in [5, 5.41) is 10.5. The Balaban J connectivity index is 2.11. The van der Waals surface area contributed by atoms with Crippen molar-refractivity contribution in [1.82, 2.24) is 4.98 Å². The Morgan fingerprint density at radius 3 is 2.70 bits per heavy atom. The number of para-hydroxylation sites is 1. The number of phenolic OH excluding ortho intramolecular Hbond substituents is 1. The van der Waals surface area contributed by atoms with E-state index in [9.17, 15) is 9.90 Å². The molecule has 4 heteroatoms. The van der Waals surface area contributed by atoms with Crippen LogP contribution in [0, 0.1) is 0 Å². The first-order valence-corrected chi connectivity index (χ1v) is 7.77. The summed E-state index contributed by atoms with van der Waals surface area (Å²) < 4.78 is 0. The van der Waals surface area contributed by atoms with Gasteiger partial charge in [0.15, 0.2) is 5.43 Å². The molecule has 0 radical (unpaired) electrons. The van der Waals surface area contributed by atoms with Crippen LogP contribution in [0.1, 0.15) is 29.3 Å². The number of rotatable bonds is 4. The molecule has 0 amide bonds. The van der Waals surface area contributed by atoms with E-state index < -0.39 is 0 Å². The highest BCUT2D eigenvalue weighted by Crippen LogP contribution is 2.21. The van der Waals surface area contributed by atoms with Gasteiger partial charge in [-0.05, 0) is 35.7 Å². The first-order chi connectivity index (χ1) is 11.1. The number of nitrogens with one attached hydrogen (secondary N) is 1. The zero-order chi connectivity index (χ0) is 16.4. The van der Waals surface area contributed by atoms with E-state index in [-0.39, 0.29) is 12.0 Å². The normalized spacial score (nSPS) is 11.0. The molecule has 0 bridgehead atoms. The zero-order valence-electron chi connectivity index (χ0n) is 13.1. The van der Waals surface area contributed by atoms with Crippen LogP contribution in [0.25, 0.3) is 10.9 Å². The summed E-state index contributed by atoms with van der Waals surface area (Å²) in [7, 11) is 0. The number of fused-ring (bicyclic) bond motifs is 1. The number of pyridine rings is 1. The number of aryl methyl sites for hydroxylation is 1. The van der Waals surface area contributed by atoms with Crippen molar-refractivity contribution in [1.29, 1.82) is 0 Å². The number of H-pyrrole nitrogens is 1. The first-order valence-electron chi connectivity index (χ1n) is 7.77. The molecule has 2 aromatic carbocycles. The minimum atomic E-state index is -0.00802. The van der Waals surface area contributed by atoms with Crippen molar-refractivity contribution in [2.45, 2.75) is 26.3 Å². The van der Waals surface area contributed by atoms with Gasteiger partial charge in [-0.3, -0.25) is 4.79 Å². The number of hydrogen-bond acceptors (Lipinski definition) is 3. The van der Waals surface area contributed by atoms with E-state index in [0.29, 0.717) is 23.1 Å². The molecule has 23 heavy (non-hydrogen) atoms. The summed E-state index contributed by atoms with van der Waals surface area (Å²) in [4.78, 5) is 16.0. The van der Waals surface area contributed by atoms with Crippen molar-refractivity contribution >= 4 is 10.9 Å². The Morgan fingerprint density at radius 1 is 1.17 bits per heavy atom. The number of nitrogens with two attached hydrogens (primary N) is 1. The van der Waals surface area contributed by atoms with Gasteiger partial charge in [-0.1, -0.05) is 31.2 Å². The van der Waals surface area contributed by atoms with Gasteiger partial charge in [0.05, 0.1) is 0 Å². The molecule has 4 N–H and O–H groups in total. The van der Waals surface area contributed by atoms with Crippen LogP contribution in [0.2, 0.25) is 0 Å². The molecule has 1 heterocycles. The minimum Gasteiger partial charge on any atom is -0.508 e. The molecular weight excluding hydrogens is 288 g/mol. The first kappa shape index (κ1) is 15.3. The Bertz CT molecular complexity index is 913. The van der Waals surface area contributed by atoms with Crippen molar-refractivity contribution in [3.05, 3.63) is 75.1 Å². The van der Waals surface area contributed by atoms with Crippen LogP contribution in [0.15, 0.2) is 47.3 Å². The molecule has 118 valence electrons. The Labute approximate surface area is 134 Å². The van der Waals surface area contributed by atoms with Gasteiger partial charge in [-0.25, -0.2) is 0 Å².